The van der Waals surface area contributed by atoms with Gasteiger partial charge in [0.05, 0.1) is 11.6 Å². The summed E-state index contributed by atoms with van der Waals surface area (Å²) in [5.41, 5.74) is 2.64. The molecule has 32 heavy (non-hydrogen) atoms. The number of fused-ring (bicyclic) bond motifs is 1. The molecule has 0 spiro atoms. The molecule has 4 rings (SSSR count). The van der Waals surface area contributed by atoms with Crippen LogP contribution in [0.25, 0.3) is 0 Å². The first-order chi connectivity index (χ1) is 15.3. The van der Waals surface area contributed by atoms with Gasteiger partial charge >= 0.3 is 6.03 Å². The van der Waals surface area contributed by atoms with Crippen molar-refractivity contribution in [1.82, 2.24) is 24.5 Å². The molecule has 8 nitrogen and oxygen atoms in total. The van der Waals surface area contributed by atoms with Crippen LogP contribution in [0.4, 0.5) is 10.5 Å². The van der Waals surface area contributed by atoms with Gasteiger partial charge in [0, 0.05) is 77.2 Å². The minimum atomic E-state index is -0.454. The Morgan fingerprint density at radius 1 is 1.22 bits per heavy atom. The Balaban J connectivity index is 1.52. The second-order valence-electron chi connectivity index (χ2n) is 9.59. The molecule has 0 unspecified atom stereocenters. The Morgan fingerprint density at radius 3 is 2.62 bits per heavy atom. The molecule has 2 atom stereocenters. The summed E-state index contributed by atoms with van der Waals surface area (Å²) in [4.78, 5) is 32.5. The molecule has 0 aliphatic carbocycles. The molecule has 2 aliphatic rings. The fourth-order valence-corrected chi connectivity index (χ4v) is 5.29. The molecule has 8 heteroatoms. The number of hydrogen-bond acceptors (Lipinski definition) is 4. The first kappa shape index (κ1) is 22.3. The zero-order valence-electron chi connectivity index (χ0n) is 19.5. The third kappa shape index (κ3) is 4.50. The number of amides is 3. The van der Waals surface area contributed by atoms with Crippen LogP contribution in [0, 0.1) is 18.3 Å². The molecule has 1 aromatic heterocycles. The van der Waals surface area contributed by atoms with Gasteiger partial charge in [0.25, 0.3) is 0 Å². The van der Waals surface area contributed by atoms with Crippen molar-refractivity contribution in [3.8, 4) is 0 Å². The zero-order valence-corrected chi connectivity index (χ0v) is 19.5. The monoisotopic (exact) mass is 438 g/mol. The average Bonchev–Trinajstić information content (AvgIpc) is 3.26. The summed E-state index contributed by atoms with van der Waals surface area (Å²) >= 11 is 0. The maximum absolute atomic E-state index is 13.4. The molecule has 1 aromatic carbocycles. The molecule has 1 N–H and O–H groups in total. The number of aromatic nitrogens is 2. The Bertz CT molecular complexity index is 969. The third-order valence-electron chi connectivity index (χ3n) is 6.84. The van der Waals surface area contributed by atoms with Crippen molar-refractivity contribution in [2.75, 3.05) is 45.6 Å². The highest BCUT2D eigenvalue weighted by molar-refractivity contribution is 5.89. The number of likely N-dealkylation sites (tertiary alicyclic amines) is 2. The molecule has 2 aliphatic heterocycles. The minimum absolute atomic E-state index is 0.0901. The maximum atomic E-state index is 13.4. The molecule has 0 bridgehead atoms. The fourth-order valence-electron chi connectivity index (χ4n) is 5.29. The number of nitrogens with one attached hydrogen (secondary N) is 1. The molecule has 3 heterocycles. The number of rotatable bonds is 4. The molecular formula is C24H34N6O2. The lowest BCUT2D eigenvalue weighted by atomic mass is 9.74. The standard InChI is InChI=1S/C24H34N6O2/c1-18-6-8-21(9-7-18)26-23(32)30-11-5-10-24(22(31)27(2)3)17-29(15-20(24)16-30)14-19-12-25-28(4)13-19/h6-9,12-13,20H,5,10-11,14-17H2,1-4H3,(H,26,32)/t20-,24-/m0/s1. The lowest BCUT2D eigenvalue weighted by molar-refractivity contribution is -0.141. The normalized spacial score (nSPS) is 23.5. The van der Waals surface area contributed by atoms with Gasteiger partial charge in [0.15, 0.2) is 0 Å². The van der Waals surface area contributed by atoms with Crippen LogP contribution in [-0.4, -0.2) is 76.7 Å². The Labute approximate surface area is 190 Å². The van der Waals surface area contributed by atoms with Gasteiger partial charge in [-0.15, -0.1) is 0 Å². The molecule has 2 fully saturated rings. The van der Waals surface area contributed by atoms with E-state index >= 15 is 0 Å². The molecule has 0 radical (unpaired) electrons. The van der Waals surface area contributed by atoms with E-state index in [-0.39, 0.29) is 17.9 Å². The van der Waals surface area contributed by atoms with E-state index < -0.39 is 5.41 Å². The number of carbonyl (C=O) groups excluding carboxylic acids is 2. The number of urea groups is 1. The Kier molecular flexibility index (Phi) is 6.24. The van der Waals surface area contributed by atoms with Crippen molar-refractivity contribution in [2.24, 2.45) is 18.4 Å². The summed E-state index contributed by atoms with van der Waals surface area (Å²) in [6.45, 7) is 5.56. The van der Waals surface area contributed by atoms with Crippen LogP contribution in [-0.2, 0) is 18.4 Å². The molecular weight excluding hydrogens is 404 g/mol. The summed E-state index contributed by atoms with van der Waals surface area (Å²) in [6, 6.07) is 7.75. The van der Waals surface area contributed by atoms with Gasteiger partial charge in [0.2, 0.25) is 5.91 Å². The van der Waals surface area contributed by atoms with Crippen LogP contribution < -0.4 is 5.32 Å². The Morgan fingerprint density at radius 2 is 1.97 bits per heavy atom. The zero-order chi connectivity index (χ0) is 22.9. The quantitative estimate of drug-likeness (QED) is 0.796. The maximum Gasteiger partial charge on any atom is 0.321 e. The van der Waals surface area contributed by atoms with E-state index in [9.17, 15) is 9.59 Å². The first-order valence-electron chi connectivity index (χ1n) is 11.3. The summed E-state index contributed by atoms with van der Waals surface area (Å²) in [5.74, 6) is 0.275. The summed E-state index contributed by atoms with van der Waals surface area (Å²) in [6.07, 6.45) is 5.52. The molecule has 3 amide bonds. The Hall–Kier alpha value is -2.87. The average molecular weight is 439 g/mol. The number of carbonyl (C=O) groups is 2. The van der Waals surface area contributed by atoms with Gasteiger partial charge < -0.3 is 15.1 Å². The highest BCUT2D eigenvalue weighted by Gasteiger charge is 2.53. The molecule has 2 aromatic rings. The van der Waals surface area contributed by atoms with Gasteiger partial charge in [0.1, 0.15) is 0 Å². The highest BCUT2D eigenvalue weighted by Crippen LogP contribution is 2.44. The van der Waals surface area contributed by atoms with Crippen LogP contribution in [0.15, 0.2) is 36.7 Å². The van der Waals surface area contributed by atoms with Crippen LogP contribution in [0.5, 0.6) is 0 Å². The topological polar surface area (TPSA) is 73.7 Å². The lowest BCUT2D eigenvalue weighted by Crippen LogP contribution is -2.48. The predicted molar refractivity (Wildman–Crippen MR) is 124 cm³/mol. The van der Waals surface area contributed by atoms with Crippen molar-refractivity contribution in [3.63, 3.8) is 0 Å². The van der Waals surface area contributed by atoms with E-state index in [2.05, 4.69) is 15.3 Å². The van der Waals surface area contributed by atoms with Gasteiger partial charge in [-0.2, -0.15) is 5.10 Å². The third-order valence-corrected chi connectivity index (χ3v) is 6.84. The number of nitrogens with zero attached hydrogens (tertiary/aromatic N) is 5. The van der Waals surface area contributed by atoms with E-state index in [0.29, 0.717) is 13.1 Å². The van der Waals surface area contributed by atoms with Crippen LogP contribution in [0.1, 0.15) is 24.0 Å². The van der Waals surface area contributed by atoms with Crippen molar-refractivity contribution in [1.29, 1.82) is 0 Å². The lowest BCUT2D eigenvalue weighted by Gasteiger charge is -2.35. The molecule has 0 saturated carbocycles. The first-order valence-corrected chi connectivity index (χ1v) is 11.3. The van der Waals surface area contributed by atoms with Gasteiger partial charge in [-0.05, 0) is 31.9 Å². The largest absolute Gasteiger partial charge is 0.348 e. The fraction of sp³-hybridized carbons (Fsp3) is 0.542. The molecule has 2 saturated heterocycles. The van der Waals surface area contributed by atoms with E-state index in [1.807, 2.05) is 69.6 Å². The van der Waals surface area contributed by atoms with E-state index in [0.717, 1.165) is 49.3 Å². The minimum Gasteiger partial charge on any atom is -0.348 e. The second-order valence-corrected chi connectivity index (χ2v) is 9.59. The van der Waals surface area contributed by atoms with Gasteiger partial charge in [-0.3, -0.25) is 14.4 Å². The van der Waals surface area contributed by atoms with Crippen molar-refractivity contribution >= 4 is 17.6 Å². The van der Waals surface area contributed by atoms with Gasteiger partial charge in [-0.25, -0.2) is 4.79 Å². The van der Waals surface area contributed by atoms with Crippen molar-refractivity contribution < 1.29 is 9.59 Å². The van der Waals surface area contributed by atoms with E-state index in [1.54, 1.807) is 9.58 Å². The summed E-state index contributed by atoms with van der Waals surface area (Å²) in [7, 11) is 5.59. The molecule has 172 valence electrons. The van der Waals surface area contributed by atoms with Gasteiger partial charge in [-0.1, -0.05) is 17.7 Å². The van der Waals surface area contributed by atoms with Crippen LogP contribution in [0.3, 0.4) is 0 Å². The van der Waals surface area contributed by atoms with Crippen molar-refractivity contribution in [3.05, 3.63) is 47.8 Å². The van der Waals surface area contributed by atoms with Crippen LogP contribution >= 0.6 is 0 Å². The van der Waals surface area contributed by atoms with E-state index in [4.69, 9.17) is 0 Å². The number of anilines is 1. The summed E-state index contributed by atoms with van der Waals surface area (Å²) in [5, 5.41) is 7.31. The number of hydrogen-bond donors (Lipinski definition) is 1. The van der Waals surface area contributed by atoms with Crippen LogP contribution in [0.2, 0.25) is 0 Å². The summed E-state index contributed by atoms with van der Waals surface area (Å²) < 4.78 is 1.81. The van der Waals surface area contributed by atoms with Crippen molar-refractivity contribution in [2.45, 2.75) is 26.3 Å². The van der Waals surface area contributed by atoms with E-state index in [1.165, 1.54) is 0 Å². The highest BCUT2D eigenvalue weighted by atomic mass is 16.2. The number of benzene rings is 1. The number of aryl methyl sites for hydroxylation is 2. The second kappa shape index (κ2) is 8.94. The smallest absolute Gasteiger partial charge is 0.321 e. The predicted octanol–water partition coefficient (Wildman–Crippen LogP) is 2.56. The SMILES string of the molecule is Cc1ccc(NC(=O)N2CCC[C@]3(C(=O)N(C)C)CN(Cc4cnn(C)c4)C[C@H]3C2)cc1.